The molecule has 0 aliphatic rings. The topological polar surface area (TPSA) is 101 Å². The summed E-state index contributed by atoms with van der Waals surface area (Å²) in [7, 11) is -4.14. The van der Waals surface area contributed by atoms with Gasteiger partial charge in [0.1, 0.15) is 0 Å². The van der Waals surface area contributed by atoms with Crippen molar-refractivity contribution in [1.82, 2.24) is 0 Å². The van der Waals surface area contributed by atoms with Gasteiger partial charge in [-0.2, -0.15) is 8.42 Å². The predicted molar refractivity (Wildman–Crippen MR) is 188 cm³/mol. The number of hydrogen-bond donors (Lipinski definition) is 2. The number of amides is 1. The highest BCUT2D eigenvalue weighted by atomic mass is 35.5. The molecular weight excluding hydrogens is 660 g/mol. The number of Topliss-reactive ketones (excluding diaryl/α,β-unsaturated/α-hetero) is 1. The Bertz CT molecular complexity index is 1870. The monoisotopic (exact) mass is 695 g/mol. The maximum Gasteiger partial charge on any atom is 0.264 e. The zero-order chi connectivity index (χ0) is 34.4. The number of halogens is 3. The largest absolute Gasteiger partial charge is 0.323 e. The molecular formula is C37H36Cl2FNO5S. The summed E-state index contributed by atoms with van der Waals surface area (Å²) in [4.78, 5) is 26.4. The molecule has 0 aliphatic heterocycles. The van der Waals surface area contributed by atoms with Gasteiger partial charge in [-0.3, -0.25) is 14.1 Å². The van der Waals surface area contributed by atoms with Crippen LogP contribution >= 0.6 is 23.2 Å². The number of carbonyl (C=O) groups excluding carboxylic acids is 2. The summed E-state index contributed by atoms with van der Waals surface area (Å²) in [6, 6.07) is 24.2. The normalized spacial score (nSPS) is 12.7. The molecule has 47 heavy (non-hydrogen) atoms. The van der Waals surface area contributed by atoms with Crippen LogP contribution in [-0.2, 0) is 21.3 Å². The molecule has 1 atom stereocenters. The maximum absolute atomic E-state index is 15.5. The second kappa shape index (κ2) is 15.4. The predicted octanol–water partition coefficient (Wildman–Crippen LogP) is 9.67. The lowest BCUT2D eigenvalue weighted by atomic mass is 9.89. The van der Waals surface area contributed by atoms with E-state index in [1.165, 1.54) is 6.07 Å². The molecule has 4 aromatic rings. The van der Waals surface area contributed by atoms with Crippen molar-refractivity contribution < 1.29 is 27.0 Å². The van der Waals surface area contributed by atoms with Crippen molar-refractivity contribution in [3.05, 3.63) is 129 Å². The second-order valence-electron chi connectivity index (χ2n) is 12.4. The van der Waals surface area contributed by atoms with E-state index in [1.54, 1.807) is 54.6 Å². The highest BCUT2D eigenvalue weighted by Crippen LogP contribution is 2.35. The first-order valence-corrected chi connectivity index (χ1v) is 17.4. The SMILES string of the molecule is CC(C)(C)/C=C/c1ccc(C(Cc2ccc(C(=O)CCCS(=O)(=O)O)cc2)C(=O)Nc2ccc(-c3ccc(Cl)cc3)c(Cl)c2F)cc1. The quantitative estimate of drug-likeness (QED) is 0.114. The Balaban J connectivity index is 1.58. The summed E-state index contributed by atoms with van der Waals surface area (Å²) < 4.78 is 46.4. The number of benzene rings is 4. The van der Waals surface area contributed by atoms with Crippen LogP contribution in [0.4, 0.5) is 10.1 Å². The molecule has 1 amide bonds. The molecule has 0 fully saturated rings. The molecule has 0 saturated heterocycles. The fourth-order valence-electron chi connectivity index (χ4n) is 4.89. The number of rotatable bonds is 12. The lowest BCUT2D eigenvalue weighted by Gasteiger charge is -2.19. The van der Waals surface area contributed by atoms with Crippen molar-refractivity contribution in [3.63, 3.8) is 0 Å². The van der Waals surface area contributed by atoms with Crippen LogP contribution in [0.3, 0.4) is 0 Å². The molecule has 0 radical (unpaired) electrons. The van der Waals surface area contributed by atoms with Gasteiger partial charge in [-0.1, -0.05) is 123 Å². The van der Waals surface area contributed by atoms with Crippen LogP contribution in [0.1, 0.15) is 66.6 Å². The van der Waals surface area contributed by atoms with E-state index in [1.807, 2.05) is 30.3 Å². The lowest BCUT2D eigenvalue weighted by Crippen LogP contribution is -2.23. The van der Waals surface area contributed by atoms with Crippen LogP contribution in [0.5, 0.6) is 0 Å². The van der Waals surface area contributed by atoms with Gasteiger partial charge in [0.2, 0.25) is 5.91 Å². The van der Waals surface area contributed by atoms with E-state index in [-0.39, 0.29) is 41.2 Å². The van der Waals surface area contributed by atoms with Crippen molar-refractivity contribution in [2.75, 3.05) is 11.1 Å². The minimum atomic E-state index is -4.14. The first-order valence-electron chi connectivity index (χ1n) is 15.0. The lowest BCUT2D eigenvalue weighted by molar-refractivity contribution is -0.117. The van der Waals surface area contributed by atoms with Crippen LogP contribution in [-0.4, -0.2) is 30.4 Å². The summed E-state index contributed by atoms with van der Waals surface area (Å²) in [6.45, 7) is 6.30. The smallest absolute Gasteiger partial charge is 0.264 e. The molecule has 4 aromatic carbocycles. The summed E-state index contributed by atoms with van der Waals surface area (Å²) in [5.74, 6) is -2.68. The molecule has 6 nitrogen and oxygen atoms in total. The van der Waals surface area contributed by atoms with Crippen LogP contribution in [0.25, 0.3) is 17.2 Å². The Hall–Kier alpha value is -3.82. The molecule has 0 saturated carbocycles. The Morgan fingerprint density at radius 3 is 2.15 bits per heavy atom. The van der Waals surface area contributed by atoms with Crippen LogP contribution in [0.15, 0.2) is 91.0 Å². The average Bonchev–Trinajstić information content (AvgIpc) is 3.01. The standard InChI is InChI=1S/C37H36Cl2FNO5S/c1-37(2,3)21-20-24-6-10-27(11-7-24)31(23-25-8-12-28(13-9-25)33(42)5-4-22-47(44,45)46)36(43)41-32-19-18-30(34(39)35(32)40)26-14-16-29(38)17-15-26/h6-21,31H,4-5,22-23H2,1-3H3,(H,41,43)(H,44,45,46)/b21-20+. The molecule has 0 aromatic heterocycles. The molecule has 0 spiro atoms. The fraction of sp³-hybridized carbons (Fsp3) is 0.243. The number of anilines is 1. The third-order valence-electron chi connectivity index (χ3n) is 7.45. The molecule has 4 rings (SSSR count). The number of hydrogen-bond acceptors (Lipinski definition) is 4. The minimum absolute atomic E-state index is 0.000368. The van der Waals surface area contributed by atoms with Gasteiger partial charge in [-0.05, 0) is 58.7 Å². The number of carbonyl (C=O) groups is 2. The van der Waals surface area contributed by atoms with Crippen molar-refractivity contribution in [1.29, 1.82) is 0 Å². The van der Waals surface area contributed by atoms with E-state index < -0.39 is 33.5 Å². The van der Waals surface area contributed by atoms with E-state index in [4.69, 9.17) is 27.8 Å². The molecule has 246 valence electrons. The third-order valence-corrected chi connectivity index (χ3v) is 8.87. The van der Waals surface area contributed by atoms with Crippen molar-refractivity contribution in [2.45, 2.75) is 46.0 Å². The molecule has 0 aliphatic carbocycles. The van der Waals surface area contributed by atoms with Crippen LogP contribution in [0, 0.1) is 11.2 Å². The van der Waals surface area contributed by atoms with E-state index in [0.29, 0.717) is 27.3 Å². The van der Waals surface area contributed by atoms with Crippen LogP contribution in [0.2, 0.25) is 10.0 Å². The van der Waals surface area contributed by atoms with Crippen LogP contribution < -0.4 is 5.32 Å². The first kappa shape index (κ1) is 36.0. The van der Waals surface area contributed by atoms with E-state index in [9.17, 15) is 18.0 Å². The van der Waals surface area contributed by atoms with Gasteiger partial charge in [0.25, 0.3) is 10.1 Å². The van der Waals surface area contributed by atoms with Gasteiger partial charge in [-0.25, -0.2) is 4.39 Å². The number of ketones is 1. The van der Waals surface area contributed by atoms with Gasteiger partial charge in [0, 0.05) is 22.6 Å². The van der Waals surface area contributed by atoms with E-state index in [2.05, 4.69) is 32.2 Å². The average molecular weight is 697 g/mol. The highest BCUT2D eigenvalue weighted by Gasteiger charge is 2.24. The Kier molecular flexibility index (Phi) is 11.8. The second-order valence-corrected chi connectivity index (χ2v) is 14.8. The zero-order valence-corrected chi connectivity index (χ0v) is 28.6. The minimum Gasteiger partial charge on any atom is -0.323 e. The number of allylic oxidation sites excluding steroid dienone is 1. The Morgan fingerprint density at radius 2 is 1.55 bits per heavy atom. The van der Waals surface area contributed by atoms with Gasteiger partial charge in [0.05, 0.1) is 22.4 Å². The highest BCUT2D eigenvalue weighted by molar-refractivity contribution is 7.85. The summed E-state index contributed by atoms with van der Waals surface area (Å²) in [6.07, 6.45) is 4.33. The van der Waals surface area contributed by atoms with Gasteiger partial charge >= 0.3 is 0 Å². The molecule has 0 bridgehead atoms. The van der Waals surface area contributed by atoms with Crippen molar-refractivity contribution in [2.24, 2.45) is 5.41 Å². The molecule has 10 heteroatoms. The summed E-state index contributed by atoms with van der Waals surface area (Å²) in [5, 5.41) is 3.13. The van der Waals surface area contributed by atoms with E-state index >= 15 is 4.39 Å². The van der Waals surface area contributed by atoms with Crippen molar-refractivity contribution >= 4 is 56.8 Å². The fourth-order valence-corrected chi connectivity index (χ4v) is 5.80. The van der Waals surface area contributed by atoms with E-state index in [0.717, 1.165) is 11.1 Å². The number of nitrogens with one attached hydrogen (secondary N) is 1. The molecule has 2 N–H and O–H groups in total. The Morgan fingerprint density at radius 1 is 0.915 bits per heavy atom. The first-order chi connectivity index (χ1) is 22.1. The Labute approximate surface area is 285 Å². The molecule has 1 unspecified atom stereocenters. The van der Waals surface area contributed by atoms with Gasteiger partial charge in [0.15, 0.2) is 11.6 Å². The maximum atomic E-state index is 15.5. The van der Waals surface area contributed by atoms with Gasteiger partial charge in [-0.15, -0.1) is 0 Å². The van der Waals surface area contributed by atoms with Crippen molar-refractivity contribution in [3.8, 4) is 11.1 Å². The zero-order valence-electron chi connectivity index (χ0n) is 26.3. The third kappa shape index (κ3) is 10.6. The van der Waals surface area contributed by atoms with Gasteiger partial charge < -0.3 is 5.32 Å². The summed E-state index contributed by atoms with van der Waals surface area (Å²) in [5.41, 5.74) is 3.90. The summed E-state index contributed by atoms with van der Waals surface area (Å²) >= 11 is 12.4. The molecule has 0 heterocycles.